The molecule has 0 spiro atoms. The Balaban J connectivity index is 2.72. The standard InChI is InChI=1S/C13H10O3/c14-8-10-6-7-11(15)13(16)12(10)9-4-2-1-3-5-9/h1-8,15-16H. The highest BCUT2D eigenvalue weighted by Gasteiger charge is 2.13. The lowest BCUT2D eigenvalue weighted by molar-refractivity contribution is 0.112. The van der Waals surface area contributed by atoms with Crippen molar-refractivity contribution < 1.29 is 15.0 Å². The lowest BCUT2D eigenvalue weighted by Crippen LogP contribution is -1.88. The maximum absolute atomic E-state index is 10.9. The zero-order valence-corrected chi connectivity index (χ0v) is 8.42. The lowest BCUT2D eigenvalue weighted by Gasteiger charge is -2.08. The molecule has 2 rings (SSSR count). The van der Waals surface area contributed by atoms with E-state index in [1.165, 1.54) is 12.1 Å². The highest BCUT2D eigenvalue weighted by Crippen LogP contribution is 2.38. The minimum Gasteiger partial charge on any atom is -0.504 e. The van der Waals surface area contributed by atoms with Crippen molar-refractivity contribution in [2.75, 3.05) is 0 Å². The van der Waals surface area contributed by atoms with Crippen LogP contribution >= 0.6 is 0 Å². The highest BCUT2D eigenvalue weighted by atomic mass is 16.3. The Kier molecular flexibility index (Phi) is 2.60. The van der Waals surface area contributed by atoms with Gasteiger partial charge in [-0.25, -0.2) is 0 Å². The van der Waals surface area contributed by atoms with Crippen LogP contribution in [-0.2, 0) is 0 Å². The molecule has 16 heavy (non-hydrogen) atoms. The number of carbonyl (C=O) groups is 1. The van der Waals surface area contributed by atoms with Gasteiger partial charge in [0.25, 0.3) is 0 Å². The molecule has 0 heterocycles. The largest absolute Gasteiger partial charge is 0.504 e. The second-order valence-electron chi connectivity index (χ2n) is 3.38. The van der Waals surface area contributed by atoms with Gasteiger partial charge >= 0.3 is 0 Å². The van der Waals surface area contributed by atoms with Gasteiger partial charge in [-0.2, -0.15) is 0 Å². The molecule has 0 aromatic heterocycles. The summed E-state index contributed by atoms with van der Waals surface area (Å²) in [6.07, 6.45) is 0.654. The lowest BCUT2D eigenvalue weighted by atomic mass is 9.99. The molecule has 0 fully saturated rings. The summed E-state index contributed by atoms with van der Waals surface area (Å²) in [7, 11) is 0. The second kappa shape index (κ2) is 4.06. The monoisotopic (exact) mass is 214 g/mol. The van der Waals surface area contributed by atoms with Crippen LogP contribution in [0.15, 0.2) is 42.5 Å². The van der Waals surface area contributed by atoms with Crippen molar-refractivity contribution in [1.29, 1.82) is 0 Å². The molecule has 0 atom stereocenters. The summed E-state index contributed by atoms with van der Waals surface area (Å²) in [5.41, 5.74) is 1.40. The van der Waals surface area contributed by atoms with Crippen LogP contribution < -0.4 is 0 Å². The summed E-state index contributed by atoms with van der Waals surface area (Å²) >= 11 is 0. The van der Waals surface area contributed by atoms with Gasteiger partial charge in [-0.05, 0) is 17.7 Å². The number of hydrogen-bond donors (Lipinski definition) is 2. The van der Waals surface area contributed by atoms with Crippen molar-refractivity contribution in [1.82, 2.24) is 0 Å². The first-order valence-electron chi connectivity index (χ1n) is 4.79. The molecule has 2 N–H and O–H groups in total. The Hall–Kier alpha value is -2.29. The zero-order chi connectivity index (χ0) is 11.5. The Morgan fingerprint density at radius 1 is 0.938 bits per heavy atom. The third-order valence-electron chi connectivity index (χ3n) is 2.38. The van der Waals surface area contributed by atoms with Crippen LogP contribution in [-0.4, -0.2) is 16.5 Å². The van der Waals surface area contributed by atoms with E-state index >= 15 is 0 Å². The zero-order valence-electron chi connectivity index (χ0n) is 8.42. The predicted octanol–water partition coefficient (Wildman–Crippen LogP) is 2.58. The van der Waals surface area contributed by atoms with Gasteiger partial charge in [0.2, 0.25) is 0 Å². The summed E-state index contributed by atoms with van der Waals surface area (Å²) in [6, 6.07) is 11.7. The van der Waals surface area contributed by atoms with Gasteiger partial charge in [-0.15, -0.1) is 0 Å². The van der Waals surface area contributed by atoms with E-state index in [9.17, 15) is 15.0 Å². The predicted molar refractivity (Wildman–Crippen MR) is 60.6 cm³/mol. The van der Waals surface area contributed by atoms with E-state index in [4.69, 9.17) is 0 Å². The maximum atomic E-state index is 10.9. The van der Waals surface area contributed by atoms with Crippen molar-refractivity contribution in [3.63, 3.8) is 0 Å². The Labute approximate surface area is 92.6 Å². The first-order chi connectivity index (χ1) is 7.74. The fourth-order valence-electron chi connectivity index (χ4n) is 1.60. The Morgan fingerprint density at radius 3 is 2.25 bits per heavy atom. The first-order valence-corrected chi connectivity index (χ1v) is 4.79. The summed E-state index contributed by atoms with van der Waals surface area (Å²) in [4.78, 5) is 10.9. The van der Waals surface area contributed by atoms with E-state index in [1.54, 1.807) is 24.3 Å². The van der Waals surface area contributed by atoms with Gasteiger partial charge in [-0.3, -0.25) is 4.79 Å². The van der Waals surface area contributed by atoms with Crippen LogP contribution in [0.3, 0.4) is 0 Å². The van der Waals surface area contributed by atoms with Crippen molar-refractivity contribution in [3.05, 3.63) is 48.0 Å². The van der Waals surface area contributed by atoms with Crippen LogP contribution in [0.25, 0.3) is 11.1 Å². The number of phenolic OH excluding ortho intramolecular Hbond substituents is 2. The van der Waals surface area contributed by atoms with E-state index in [2.05, 4.69) is 0 Å². The van der Waals surface area contributed by atoms with Gasteiger partial charge in [0.05, 0.1) is 0 Å². The van der Waals surface area contributed by atoms with Crippen LogP contribution in [0.2, 0.25) is 0 Å². The fraction of sp³-hybridized carbons (Fsp3) is 0. The molecule has 2 aromatic carbocycles. The van der Waals surface area contributed by atoms with Crippen molar-refractivity contribution in [2.45, 2.75) is 0 Å². The fourth-order valence-corrected chi connectivity index (χ4v) is 1.60. The van der Waals surface area contributed by atoms with Gasteiger partial charge in [0.15, 0.2) is 17.8 Å². The Bertz CT molecular complexity index is 518. The molecule has 0 bridgehead atoms. The molecule has 80 valence electrons. The minimum atomic E-state index is -0.268. The molecule has 0 saturated heterocycles. The molecule has 0 aliphatic heterocycles. The molecule has 0 aliphatic carbocycles. The van der Waals surface area contributed by atoms with Gasteiger partial charge < -0.3 is 10.2 Å². The average molecular weight is 214 g/mol. The molecule has 3 nitrogen and oxygen atoms in total. The summed E-state index contributed by atoms with van der Waals surface area (Å²) in [5, 5.41) is 19.2. The topological polar surface area (TPSA) is 57.5 Å². The smallest absolute Gasteiger partial charge is 0.166 e. The van der Waals surface area contributed by atoms with Crippen molar-refractivity contribution in [3.8, 4) is 22.6 Å². The van der Waals surface area contributed by atoms with E-state index in [1.807, 2.05) is 6.07 Å². The number of hydrogen-bond acceptors (Lipinski definition) is 3. The number of benzene rings is 2. The number of aromatic hydroxyl groups is 2. The van der Waals surface area contributed by atoms with Gasteiger partial charge in [0.1, 0.15) is 0 Å². The summed E-state index contributed by atoms with van der Waals surface area (Å²) < 4.78 is 0. The van der Waals surface area contributed by atoms with E-state index in [0.717, 1.165) is 0 Å². The number of carbonyl (C=O) groups excluding carboxylic acids is 1. The van der Waals surface area contributed by atoms with E-state index in [0.29, 0.717) is 23.0 Å². The van der Waals surface area contributed by atoms with Crippen molar-refractivity contribution >= 4 is 6.29 Å². The SMILES string of the molecule is O=Cc1ccc(O)c(O)c1-c1ccccc1. The number of phenols is 2. The number of rotatable bonds is 2. The average Bonchev–Trinajstić information content (AvgIpc) is 2.33. The molecular formula is C13H10O3. The molecule has 0 amide bonds. The quantitative estimate of drug-likeness (QED) is 0.596. The van der Waals surface area contributed by atoms with Crippen LogP contribution in [0, 0.1) is 0 Å². The highest BCUT2D eigenvalue weighted by molar-refractivity contribution is 5.91. The Morgan fingerprint density at radius 2 is 1.62 bits per heavy atom. The van der Waals surface area contributed by atoms with Crippen LogP contribution in [0.4, 0.5) is 0 Å². The van der Waals surface area contributed by atoms with Gasteiger partial charge in [0, 0.05) is 11.1 Å². The normalized spacial score (nSPS) is 10.0. The van der Waals surface area contributed by atoms with E-state index in [-0.39, 0.29) is 11.5 Å². The number of aldehydes is 1. The summed E-state index contributed by atoms with van der Waals surface area (Å²) in [6.45, 7) is 0. The third-order valence-corrected chi connectivity index (χ3v) is 2.38. The molecule has 0 unspecified atom stereocenters. The molecule has 0 saturated carbocycles. The van der Waals surface area contributed by atoms with Gasteiger partial charge in [-0.1, -0.05) is 30.3 Å². The second-order valence-corrected chi connectivity index (χ2v) is 3.38. The molecule has 2 aromatic rings. The molecular weight excluding hydrogens is 204 g/mol. The molecule has 0 radical (unpaired) electrons. The third kappa shape index (κ3) is 1.63. The molecule has 0 aliphatic rings. The first kappa shape index (κ1) is 10.2. The molecule has 3 heteroatoms. The maximum Gasteiger partial charge on any atom is 0.166 e. The van der Waals surface area contributed by atoms with Crippen LogP contribution in [0.5, 0.6) is 11.5 Å². The minimum absolute atomic E-state index is 0.232. The van der Waals surface area contributed by atoms with E-state index < -0.39 is 0 Å². The van der Waals surface area contributed by atoms with Crippen molar-refractivity contribution in [2.24, 2.45) is 0 Å². The van der Waals surface area contributed by atoms with Crippen LogP contribution in [0.1, 0.15) is 10.4 Å². The summed E-state index contributed by atoms with van der Waals surface area (Å²) in [5.74, 6) is -0.500.